The van der Waals surface area contributed by atoms with Crippen molar-refractivity contribution in [1.29, 1.82) is 0 Å². The largest absolute Gasteiger partial charge is 0.371 e. The molecule has 0 spiro atoms. The molecule has 0 aromatic heterocycles. The van der Waals surface area contributed by atoms with Crippen LogP contribution in [-0.4, -0.2) is 43.5 Å². The number of nitrogens with one attached hydrogen (secondary N) is 2. The van der Waals surface area contributed by atoms with Crippen LogP contribution in [0.5, 0.6) is 0 Å². The Labute approximate surface area is 173 Å². The monoisotopic (exact) mass is 398 g/mol. The molecule has 0 radical (unpaired) electrons. The molecular weight excluding hydrogens is 364 g/mol. The average molecular weight is 399 g/mol. The first-order valence-electron chi connectivity index (χ1n) is 11.3. The fraction of sp³-hybridized carbons (Fsp3) is 0.652. The van der Waals surface area contributed by atoms with Crippen molar-refractivity contribution in [1.82, 2.24) is 10.6 Å². The summed E-state index contributed by atoms with van der Waals surface area (Å²) >= 11 is 0. The Kier molecular flexibility index (Phi) is 6.50. The van der Waals surface area contributed by atoms with Gasteiger partial charge in [-0.2, -0.15) is 0 Å². The first kappa shape index (κ1) is 20.4. The molecule has 3 aliphatic rings. The van der Waals surface area contributed by atoms with E-state index in [-0.39, 0.29) is 17.7 Å². The van der Waals surface area contributed by atoms with Crippen LogP contribution in [0, 0.1) is 5.92 Å². The number of nitrogens with two attached hydrogens (primary N) is 1. The van der Waals surface area contributed by atoms with Crippen molar-refractivity contribution in [2.75, 3.05) is 24.5 Å². The fourth-order valence-electron chi connectivity index (χ4n) is 5.00. The van der Waals surface area contributed by atoms with E-state index in [1.807, 2.05) is 12.1 Å². The molecule has 1 aromatic carbocycles. The number of hydrogen-bond donors (Lipinski definition) is 3. The third-order valence-corrected chi connectivity index (χ3v) is 6.98. The molecule has 0 bridgehead atoms. The first-order valence-corrected chi connectivity index (χ1v) is 11.3. The van der Waals surface area contributed by atoms with Gasteiger partial charge in [-0.05, 0) is 75.1 Å². The van der Waals surface area contributed by atoms with Gasteiger partial charge in [0.25, 0.3) is 0 Å². The smallest absolute Gasteiger partial charge is 0.234 e. The lowest BCUT2D eigenvalue weighted by molar-refractivity contribution is -0.134. The van der Waals surface area contributed by atoms with Crippen LogP contribution in [0.15, 0.2) is 24.3 Å². The van der Waals surface area contributed by atoms with Gasteiger partial charge in [-0.3, -0.25) is 14.9 Å². The summed E-state index contributed by atoms with van der Waals surface area (Å²) in [5.74, 6) is 0.269. The van der Waals surface area contributed by atoms with E-state index in [0.29, 0.717) is 24.9 Å². The Balaban J connectivity index is 1.23. The number of hydrogen-bond acceptors (Lipinski definition) is 5. The summed E-state index contributed by atoms with van der Waals surface area (Å²) in [5, 5.41) is 6.25. The number of imide groups is 1. The van der Waals surface area contributed by atoms with Gasteiger partial charge in [-0.25, -0.2) is 0 Å². The highest BCUT2D eigenvalue weighted by atomic mass is 16.2. The number of benzene rings is 1. The molecular formula is C23H34N4O2. The van der Waals surface area contributed by atoms with Crippen LogP contribution in [0.1, 0.15) is 62.8 Å². The van der Waals surface area contributed by atoms with Gasteiger partial charge >= 0.3 is 0 Å². The average Bonchev–Trinajstić information content (AvgIpc) is 2.74. The summed E-state index contributed by atoms with van der Waals surface area (Å²) in [7, 11) is 0. The standard InChI is InChI=1S/C23H34N4O2/c24-18-5-1-16(2-6-18)15-25-19-11-13-27(14-12-19)20-7-3-17(4-8-20)21-9-10-22(28)26-23(21)29/h3-4,7-8,16,18-19,21,25H,1-2,5-6,9-15,24H2,(H,26,28,29). The van der Waals surface area contributed by atoms with E-state index in [1.165, 1.54) is 44.2 Å². The predicted molar refractivity (Wildman–Crippen MR) is 115 cm³/mol. The van der Waals surface area contributed by atoms with E-state index < -0.39 is 0 Å². The van der Waals surface area contributed by atoms with Gasteiger partial charge < -0.3 is 16.0 Å². The van der Waals surface area contributed by atoms with E-state index in [0.717, 1.165) is 31.1 Å². The number of piperidine rings is 2. The molecule has 1 saturated carbocycles. The van der Waals surface area contributed by atoms with Gasteiger partial charge in [-0.1, -0.05) is 12.1 Å². The van der Waals surface area contributed by atoms with Crippen molar-refractivity contribution < 1.29 is 9.59 Å². The molecule has 1 aromatic rings. The Bertz CT molecular complexity index is 704. The molecule has 2 aliphatic heterocycles. The molecule has 29 heavy (non-hydrogen) atoms. The van der Waals surface area contributed by atoms with E-state index >= 15 is 0 Å². The Morgan fingerprint density at radius 3 is 2.31 bits per heavy atom. The van der Waals surface area contributed by atoms with Gasteiger partial charge in [-0.15, -0.1) is 0 Å². The van der Waals surface area contributed by atoms with Crippen LogP contribution >= 0.6 is 0 Å². The summed E-state index contributed by atoms with van der Waals surface area (Å²) in [6.07, 6.45) is 8.26. The molecule has 2 heterocycles. The third kappa shape index (κ3) is 5.17. The van der Waals surface area contributed by atoms with Crippen LogP contribution < -0.4 is 21.3 Å². The van der Waals surface area contributed by atoms with Crippen molar-refractivity contribution in [2.45, 2.75) is 69.4 Å². The molecule has 4 N–H and O–H groups in total. The number of anilines is 1. The third-order valence-electron chi connectivity index (χ3n) is 6.98. The minimum absolute atomic E-state index is 0.161. The lowest BCUT2D eigenvalue weighted by Crippen LogP contribution is -2.44. The second-order valence-corrected chi connectivity index (χ2v) is 9.05. The van der Waals surface area contributed by atoms with Crippen molar-refractivity contribution in [3.05, 3.63) is 29.8 Å². The summed E-state index contributed by atoms with van der Waals surface area (Å²) in [5.41, 5.74) is 8.24. The lowest BCUT2D eigenvalue weighted by Gasteiger charge is -2.35. The van der Waals surface area contributed by atoms with Crippen LogP contribution in [0.4, 0.5) is 5.69 Å². The second-order valence-electron chi connectivity index (χ2n) is 9.05. The minimum atomic E-state index is -0.203. The molecule has 158 valence electrons. The lowest BCUT2D eigenvalue weighted by atomic mass is 9.86. The Hall–Kier alpha value is -1.92. The molecule has 2 saturated heterocycles. The number of carbonyl (C=O) groups excluding carboxylic acids is 2. The molecule has 6 nitrogen and oxygen atoms in total. The second kappa shape index (κ2) is 9.26. The zero-order valence-corrected chi connectivity index (χ0v) is 17.2. The number of carbonyl (C=O) groups is 2. The fourth-order valence-corrected chi connectivity index (χ4v) is 5.00. The maximum atomic E-state index is 12.1. The molecule has 6 heteroatoms. The van der Waals surface area contributed by atoms with Crippen molar-refractivity contribution in [2.24, 2.45) is 11.7 Å². The molecule has 1 atom stereocenters. The van der Waals surface area contributed by atoms with Gasteiger partial charge in [0.1, 0.15) is 0 Å². The van der Waals surface area contributed by atoms with Crippen LogP contribution in [0.25, 0.3) is 0 Å². The Morgan fingerprint density at radius 2 is 1.66 bits per heavy atom. The van der Waals surface area contributed by atoms with Gasteiger partial charge in [0.15, 0.2) is 0 Å². The quantitative estimate of drug-likeness (QED) is 0.663. The molecule has 1 unspecified atom stereocenters. The number of amides is 2. The van der Waals surface area contributed by atoms with Gasteiger partial charge in [0.2, 0.25) is 11.8 Å². The summed E-state index contributed by atoms with van der Waals surface area (Å²) in [4.78, 5) is 25.8. The van der Waals surface area contributed by atoms with E-state index in [4.69, 9.17) is 5.73 Å². The maximum absolute atomic E-state index is 12.1. The van der Waals surface area contributed by atoms with Crippen LogP contribution in [0.3, 0.4) is 0 Å². The zero-order valence-electron chi connectivity index (χ0n) is 17.2. The SMILES string of the molecule is NC1CCC(CNC2CCN(c3ccc(C4CCC(=O)NC4=O)cc3)CC2)CC1. The summed E-state index contributed by atoms with van der Waals surface area (Å²) in [6.45, 7) is 3.26. The van der Waals surface area contributed by atoms with E-state index in [2.05, 4.69) is 27.7 Å². The molecule has 2 amide bonds. The van der Waals surface area contributed by atoms with Gasteiger partial charge in [0, 0.05) is 37.3 Å². The first-order chi connectivity index (χ1) is 14.1. The highest BCUT2D eigenvalue weighted by Gasteiger charge is 2.28. The zero-order chi connectivity index (χ0) is 20.2. The Morgan fingerprint density at radius 1 is 0.966 bits per heavy atom. The number of rotatable bonds is 5. The summed E-state index contributed by atoms with van der Waals surface area (Å²) < 4.78 is 0. The molecule has 4 rings (SSSR count). The normalized spacial score (nSPS) is 29.0. The van der Waals surface area contributed by atoms with Crippen molar-refractivity contribution in [3.63, 3.8) is 0 Å². The van der Waals surface area contributed by atoms with Crippen LogP contribution in [-0.2, 0) is 9.59 Å². The van der Waals surface area contributed by atoms with E-state index in [9.17, 15) is 9.59 Å². The topological polar surface area (TPSA) is 87.5 Å². The van der Waals surface area contributed by atoms with E-state index in [1.54, 1.807) is 0 Å². The highest BCUT2D eigenvalue weighted by Crippen LogP contribution is 2.28. The highest BCUT2D eigenvalue weighted by molar-refractivity contribution is 6.00. The molecule has 3 fully saturated rings. The van der Waals surface area contributed by atoms with Crippen LogP contribution in [0.2, 0.25) is 0 Å². The van der Waals surface area contributed by atoms with Crippen molar-refractivity contribution in [3.8, 4) is 0 Å². The summed E-state index contributed by atoms with van der Waals surface area (Å²) in [6, 6.07) is 9.39. The van der Waals surface area contributed by atoms with Crippen molar-refractivity contribution >= 4 is 17.5 Å². The molecule has 1 aliphatic carbocycles. The minimum Gasteiger partial charge on any atom is -0.371 e. The van der Waals surface area contributed by atoms with Gasteiger partial charge in [0.05, 0.1) is 5.92 Å². The number of nitrogens with zero attached hydrogens (tertiary/aromatic N) is 1. The predicted octanol–water partition coefficient (Wildman–Crippen LogP) is 2.28. The maximum Gasteiger partial charge on any atom is 0.234 e.